The van der Waals surface area contributed by atoms with Crippen LogP contribution < -0.4 is 0 Å². The largest absolute Gasteiger partial charge is 0.281 e. The molecule has 1 aliphatic heterocycles. The van der Waals surface area contributed by atoms with Crippen molar-refractivity contribution in [2.45, 2.75) is 11.8 Å². The van der Waals surface area contributed by atoms with Gasteiger partial charge in [-0.15, -0.1) is 11.3 Å². The van der Waals surface area contributed by atoms with Gasteiger partial charge < -0.3 is 0 Å². The van der Waals surface area contributed by atoms with Crippen molar-refractivity contribution in [3.8, 4) is 6.07 Å². The fourth-order valence-electron chi connectivity index (χ4n) is 2.89. The molecule has 1 fully saturated rings. The van der Waals surface area contributed by atoms with Gasteiger partial charge in [-0.2, -0.15) is 9.57 Å². The summed E-state index contributed by atoms with van der Waals surface area (Å²) < 4.78 is 26.8. The van der Waals surface area contributed by atoms with Crippen molar-refractivity contribution in [3.63, 3.8) is 0 Å². The van der Waals surface area contributed by atoms with Crippen LogP contribution in [0.4, 0.5) is 0 Å². The summed E-state index contributed by atoms with van der Waals surface area (Å²) in [5.41, 5.74) is 0.723. The van der Waals surface area contributed by atoms with Crippen molar-refractivity contribution >= 4 is 33.0 Å². The summed E-state index contributed by atoms with van der Waals surface area (Å²) in [6.07, 6.45) is 0. The van der Waals surface area contributed by atoms with E-state index in [1.807, 2.05) is 22.4 Å². The van der Waals surface area contributed by atoms with Crippen molar-refractivity contribution in [1.29, 1.82) is 5.26 Å². The molecule has 1 aliphatic rings. The fourth-order valence-corrected chi connectivity index (χ4v) is 5.34. The average Bonchev–Trinajstić information content (AvgIpc) is 3.12. The van der Waals surface area contributed by atoms with Crippen LogP contribution in [-0.4, -0.2) is 43.8 Å². The number of hydrogen-bond acceptors (Lipinski definition) is 5. The number of hydrogen-bond donors (Lipinski definition) is 0. The summed E-state index contributed by atoms with van der Waals surface area (Å²) in [5, 5.41) is 12.0. The van der Waals surface area contributed by atoms with E-state index >= 15 is 0 Å². The molecular formula is C17H18ClN3O2S2. The summed E-state index contributed by atoms with van der Waals surface area (Å²) in [7, 11) is -3.38. The lowest BCUT2D eigenvalue weighted by Crippen LogP contribution is -2.49. The lowest BCUT2D eigenvalue weighted by molar-refractivity contribution is 0.164. The number of piperazine rings is 1. The van der Waals surface area contributed by atoms with Crippen LogP contribution in [-0.2, 0) is 15.8 Å². The van der Waals surface area contributed by atoms with Gasteiger partial charge in [-0.25, -0.2) is 8.42 Å². The molecule has 0 N–H and O–H groups in total. The highest BCUT2D eigenvalue weighted by molar-refractivity contribution is 7.88. The van der Waals surface area contributed by atoms with Gasteiger partial charge >= 0.3 is 0 Å². The van der Waals surface area contributed by atoms with Gasteiger partial charge in [0.1, 0.15) is 6.04 Å². The van der Waals surface area contributed by atoms with E-state index in [4.69, 9.17) is 11.6 Å². The summed E-state index contributed by atoms with van der Waals surface area (Å²) in [6, 6.07) is 12.8. The zero-order valence-corrected chi connectivity index (χ0v) is 15.9. The van der Waals surface area contributed by atoms with Crippen LogP contribution in [0.2, 0.25) is 5.02 Å². The molecule has 0 aliphatic carbocycles. The van der Waals surface area contributed by atoms with Crippen LogP contribution in [0.15, 0.2) is 41.8 Å². The van der Waals surface area contributed by atoms with Crippen LogP contribution in [0.25, 0.3) is 0 Å². The summed E-state index contributed by atoms with van der Waals surface area (Å²) >= 11 is 7.39. The summed E-state index contributed by atoms with van der Waals surface area (Å²) in [5.74, 6) is -0.0310. The predicted molar refractivity (Wildman–Crippen MR) is 99.9 cm³/mol. The van der Waals surface area contributed by atoms with Crippen LogP contribution in [0, 0.1) is 11.3 Å². The van der Waals surface area contributed by atoms with Crippen LogP contribution in [0.3, 0.4) is 0 Å². The number of benzene rings is 1. The average molecular weight is 396 g/mol. The van der Waals surface area contributed by atoms with Crippen LogP contribution >= 0.6 is 22.9 Å². The Balaban J connectivity index is 1.63. The third-order valence-corrected chi connectivity index (χ3v) is 7.26. The molecule has 1 aromatic carbocycles. The minimum atomic E-state index is -3.38. The Morgan fingerprint density at radius 2 is 1.84 bits per heavy atom. The number of rotatable bonds is 5. The Hall–Kier alpha value is -1.43. The van der Waals surface area contributed by atoms with Gasteiger partial charge in [-0.3, -0.25) is 4.90 Å². The van der Waals surface area contributed by atoms with Gasteiger partial charge in [-0.05, 0) is 29.1 Å². The van der Waals surface area contributed by atoms with Gasteiger partial charge in [0, 0.05) is 36.1 Å². The zero-order chi connectivity index (χ0) is 17.9. The van der Waals surface area contributed by atoms with Gasteiger partial charge in [0.05, 0.1) is 11.8 Å². The maximum Gasteiger partial charge on any atom is 0.218 e. The first-order valence-electron chi connectivity index (χ1n) is 7.89. The van der Waals surface area contributed by atoms with Crippen molar-refractivity contribution in [1.82, 2.24) is 9.21 Å². The molecule has 132 valence electrons. The smallest absolute Gasteiger partial charge is 0.218 e. The van der Waals surface area contributed by atoms with Crippen molar-refractivity contribution in [2.24, 2.45) is 0 Å². The van der Waals surface area contributed by atoms with E-state index in [1.54, 1.807) is 35.6 Å². The van der Waals surface area contributed by atoms with E-state index in [9.17, 15) is 13.7 Å². The number of nitriles is 1. The molecule has 0 spiro atoms. The molecule has 0 radical (unpaired) electrons. The minimum absolute atomic E-state index is 0.0310. The quantitative estimate of drug-likeness (QED) is 0.780. The van der Waals surface area contributed by atoms with Crippen molar-refractivity contribution in [2.75, 3.05) is 26.2 Å². The first-order valence-corrected chi connectivity index (χ1v) is 10.8. The molecule has 5 nitrogen and oxygen atoms in total. The Bertz CT molecular complexity index is 837. The van der Waals surface area contributed by atoms with E-state index in [1.165, 1.54) is 4.31 Å². The molecule has 25 heavy (non-hydrogen) atoms. The first-order chi connectivity index (χ1) is 12.0. The minimum Gasteiger partial charge on any atom is -0.281 e. The van der Waals surface area contributed by atoms with Crippen molar-refractivity contribution < 1.29 is 8.42 Å². The van der Waals surface area contributed by atoms with E-state index in [2.05, 4.69) is 6.07 Å². The Kier molecular flexibility index (Phi) is 5.77. The van der Waals surface area contributed by atoms with E-state index < -0.39 is 10.0 Å². The molecule has 0 amide bonds. The second-order valence-electron chi connectivity index (χ2n) is 5.86. The molecule has 2 heterocycles. The van der Waals surface area contributed by atoms with E-state index in [-0.39, 0.29) is 11.8 Å². The fraction of sp³-hybridized carbons (Fsp3) is 0.353. The molecule has 0 saturated carbocycles. The molecule has 1 unspecified atom stereocenters. The Labute approximate surface area is 157 Å². The number of sulfonamides is 1. The standard InChI is InChI=1S/C17H18ClN3O2S2/c18-15-5-3-14(4-6-15)13-25(22,23)21-9-7-20(8-10-21)16(12-19)17-2-1-11-24-17/h1-6,11,16H,7-10,13H2. The predicted octanol–water partition coefficient (Wildman–Crippen LogP) is 3.11. The lowest BCUT2D eigenvalue weighted by atomic mass is 10.2. The molecule has 1 aromatic heterocycles. The number of nitrogens with zero attached hydrogens (tertiary/aromatic N) is 3. The maximum atomic E-state index is 12.6. The molecule has 0 bridgehead atoms. The lowest BCUT2D eigenvalue weighted by Gasteiger charge is -2.35. The van der Waals surface area contributed by atoms with Crippen LogP contribution in [0.5, 0.6) is 0 Å². The molecule has 2 aromatic rings. The monoisotopic (exact) mass is 395 g/mol. The number of halogens is 1. The Morgan fingerprint density at radius 3 is 2.40 bits per heavy atom. The van der Waals surface area contributed by atoms with E-state index in [0.29, 0.717) is 31.2 Å². The van der Waals surface area contributed by atoms with Gasteiger partial charge in [0.2, 0.25) is 10.0 Å². The SMILES string of the molecule is N#CC(c1cccs1)N1CCN(S(=O)(=O)Cc2ccc(Cl)cc2)CC1. The van der Waals surface area contributed by atoms with E-state index in [0.717, 1.165) is 10.4 Å². The maximum absolute atomic E-state index is 12.6. The summed E-state index contributed by atoms with van der Waals surface area (Å²) in [6.45, 7) is 1.91. The van der Waals surface area contributed by atoms with Gasteiger partial charge in [0.15, 0.2) is 0 Å². The summed E-state index contributed by atoms with van der Waals surface area (Å²) in [4.78, 5) is 3.04. The first kappa shape index (κ1) is 18.4. The highest BCUT2D eigenvalue weighted by atomic mass is 35.5. The molecular weight excluding hydrogens is 378 g/mol. The second-order valence-corrected chi connectivity index (χ2v) is 9.25. The third-order valence-electron chi connectivity index (χ3n) is 4.23. The van der Waals surface area contributed by atoms with Crippen molar-refractivity contribution in [3.05, 3.63) is 57.2 Å². The molecule has 3 rings (SSSR count). The topological polar surface area (TPSA) is 64.4 Å². The third kappa shape index (κ3) is 4.40. The normalized spacial score (nSPS) is 17.9. The molecule has 8 heteroatoms. The highest BCUT2D eigenvalue weighted by Gasteiger charge is 2.30. The zero-order valence-electron chi connectivity index (χ0n) is 13.5. The highest BCUT2D eigenvalue weighted by Crippen LogP contribution is 2.26. The second kappa shape index (κ2) is 7.85. The molecule has 1 saturated heterocycles. The van der Waals surface area contributed by atoms with Gasteiger partial charge in [0.25, 0.3) is 0 Å². The molecule has 1 atom stereocenters. The van der Waals surface area contributed by atoms with Gasteiger partial charge in [-0.1, -0.05) is 29.8 Å². The van der Waals surface area contributed by atoms with Crippen LogP contribution in [0.1, 0.15) is 16.5 Å². The Morgan fingerprint density at radius 1 is 1.16 bits per heavy atom. The number of thiophene rings is 1.